The average molecular weight is 271 g/mol. The van der Waals surface area contributed by atoms with Crippen LogP contribution in [0.2, 0.25) is 0 Å². The molecule has 0 fully saturated rings. The molecular weight excluding hydrogens is 254 g/mol. The summed E-state index contributed by atoms with van der Waals surface area (Å²) in [6.45, 7) is 0.909. The third-order valence-corrected chi connectivity index (χ3v) is 2.94. The van der Waals surface area contributed by atoms with Crippen LogP contribution in [0.5, 0.6) is 0 Å². The number of pyridine rings is 1. The first-order valence-corrected chi connectivity index (χ1v) is 6.37. The molecule has 0 aliphatic carbocycles. The largest absolute Gasteiger partial charge is 0.395 e. The Morgan fingerprint density at radius 1 is 1.20 bits per heavy atom. The molecule has 0 radical (unpaired) electrons. The highest BCUT2D eigenvalue weighted by molar-refractivity contribution is 5.97. The van der Waals surface area contributed by atoms with Crippen LogP contribution in [0, 0.1) is 0 Å². The third-order valence-electron chi connectivity index (χ3n) is 2.94. The first-order chi connectivity index (χ1) is 9.72. The van der Waals surface area contributed by atoms with E-state index in [2.05, 4.69) is 4.98 Å². The number of aliphatic hydroxyl groups is 1. The number of anilines is 1. The van der Waals surface area contributed by atoms with Gasteiger partial charge in [-0.3, -0.25) is 4.79 Å². The standard InChI is InChI=1S/C15H17N3O2/c16-14(20)13-7-4-8-17-15(13)18(9-10-19)11-12-5-2-1-3-6-12/h1-8,19H,9-11H2,(H2,16,20). The van der Waals surface area contributed by atoms with Crippen LogP contribution in [0.4, 0.5) is 5.82 Å². The average Bonchev–Trinajstić information content (AvgIpc) is 2.48. The van der Waals surface area contributed by atoms with E-state index in [0.717, 1.165) is 5.56 Å². The molecule has 2 aromatic rings. The minimum atomic E-state index is -0.524. The van der Waals surface area contributed by atoms with Crippen LogP contribution in [0.1, 0.15) is 15.9 Å². The lowest BCUT2D eigenvalue weighted by Gasteiger charge is -2.24. The van der Waals surface area contributed by atoms with E-state index < -0.39 is 5.91 Å². The molecule has 0 atom stereocenters. The molecule has 5 heteroatoms. The molecule has 0 spiro atoms. The lowest BCUT2D eigenvalue weighted by atomic mass is 10.2. The SMILES string of the molecule is NC(=O)c1cccnc1N(CCO)Cc1ccccc1. The molecule has 0 unspecified atom stereocenters. The van der Waals surface area contributed by atoms with Crippen molar-refractivity contribution in [3.05, 3.63) is 59.8 Å². The summed E-state index contributed by atoms with van der Waals surface area (Å²) in [5.41, 5.74) is 6.80. The molecule has 0 saturated carbocycles. The van der Waals surface area contributed by atoms with E-state index in [-0.39, 0.29) is 6.61 Å². The fourth-order valence-corrected chi connectivity index (χ4v) is 2.03. The molecule has 0 saturated heterocycles. The Kier molecular flexibility index (Phi) is 4.68. The Labute approximate surface area is 117 Å². The number of aliphatic hydroxyl groups excluding tert-OH is 1. The fraction of sp³-hybridized carbons (Fsp3) is 0.200. The number of hydrogen-bond donors (Lipinski definition) is 2. The molecule has 0 bridgehead atoms. The highest BCUT2D eigenvalue weighted by Gasteiger charge is 2.15. The maximum Gasteiger partial charge on any atom is 0.252 e. The van der Waals surface area contributed by atoms with Crippen molar-refractivity contribution in [2.24, 2.45) is 5.73 Å². The minimum absolute atomic E-state index is 0.0262. The van der Waals surface area contributed by atoms with Crippen molar-refractivity contribution in [3.63, 3.8) is 0 Å². The van der Waals surface area contributed by atoms with Crippen LogP contribution in [0.25, 0.3) is 0 Å². The van der Waals surface area contributed by atoms with Gasteiger partial charge in [-0.2, -0.15) is 0 Å². The first kappa shape index (κ1) is 14.0. The smallest absolute Gasteiger partial charge is 0.252 e. The summed E-state index contributed by atoms with van der Waals surface area (Å²) in [7, 11) is 0. The van der Waals surface area contributed by atoms with Gasteiger partial charge in [-0.05, 0) is 17.7 Å². The number of nitrogens with two attached hydrogens (primary N) is 1. The minimum Gasteiger partial charge on any atom is -0.395 e. The van der Waals surface area contributed by atoms with Crippen molar-refractivity contribution >= 4 is 11.7 Å². The highest BCUT2D eigenvalue weighted by atomic mass is 16.3. The Hall–Kier alpha value is -2.40. The molecule has 5 nitrogen and oxygen atoms in total. The number of hydrogen-bond acceptors (Lipinski definition) is 4. The normalized spacial score (nSPS) is 10.2. The molecule has 2 rings (SSSR count). The van der Waals surface area contributed by atoms with Gasteiger partial charge in [0.2, 0.25) is 0 Å². The lowest BCUT2D eigenvalue weighted by molar-refractivity contribution is 0.100. The van der Waals surface area contributed by atoms with Crippen molar-refractivity contribution in [2.75, 3.05) is 18.1 Å². The molecule has 104 valence electrons. The number of amides is 1. The maximum atomic E-state index is 11.5. The summed E-state index contributed by atoms with van der Waals surface area (Å²) in [5.74, 6) is -0.0259. The summed E-state index contributed by atoms with van der Waals surface area (Å²) >= 11 is 0. The van der Waals surface area contributed by atoms with Crippen molar-refractivity contribution < 1.29 is 9.90 Å². The van der Waals surface area contributed by atoms with Gasteiger partial charge in [0.25, 0.3) is 5.91 Å². The van der Waals surface area contributed by atoms with E-state index in [1.165, 1.54) is 0 Å². The van der Waals surface area contributed by atoms with Crippen molar-refractivity contribution in [2.45, 2.75) is 6.54 Å². The lowest BCUT2D eigenvalue weighted by Crippen LogP contribution is -2.29. The van der Waals surface area contributed by atoms with Crippen LogP contribution in [-0.4, -0.2) is 29.1 Å². The van der Waals surface area contributed by atoms with E-state index in [1.807, 2.05) is 35.2 Å². The van der Waals surface area contributed by atoms with Crippen LogP contribution in [0.3, 0.4) is 0 Å². The molecule has 0 aliphatic rings. The molecule has 1 heterocycles. The van der Waals surface area contributed by atoms with Gasteiger partial charge >= 0.3 is 0 Å². The van der Waals surface area contributed by atoms with Crippen molar-refractivity contribution in [1.29, 1.82) is 0 Å². The third kappa shape index (κ3) is 3.33. The number of rotatable bonds is 6. The Morgan fingerprint density at radius 2 is 1.95 bits per heavy atom. The van der Waals surface area contributed by atoms with E-state index in [0.29, 0.717) is 24.5 Å². The number of primary amides is 1. The topological polar surface area (TPSA) is 79.5 Å². The second-order valence-electron chi connectivity index (χ2n) is 4.37. The van der Waals surface area contributed by atoms with Crippen LogP contribution in [0.15, 0.2) is 48.7 Å². The van der Waals surface area contributed by atoms with Crippen LogP contribution >= 0.6 is 0 Å². The first-order valence-electron chi connectivity index (χ1n) is 6.37. The second kappa shape index (κ2) is 6.68. The zero-order valence-electron chi connectivity index (χ0n) is 11.1. The predicted molar refractivity (Wildman–Crippen MR) is 77.3 cm³/mol. The summed E-state index contributed by atoms with van der Waals surface area (Å²) < 4.78 is 0. The molecule has 0 aliphatic heterocycles. The summed E-state index contributed by atoms with van der Waals surface area (Å²) in [6.07, 6.45) is 1.61. The fourth-order valence-electron chi connectivity index (χ4n) is 2.03. The Balaban J connectivity index is 2.31. The van der Waals surface area contributed by atoms with E-state index >= 15 is 0 Å². The van der Waals surface area contributed by atoms with Gasteiger partial charge in [0.1, 0.15) is 5.82 Å². The molecule has 1 aromatic carbocycles. The van der Waals surface area contributed by atoms with Gasteiger partial charge in [-0.1, -0.05) is 30.3 Å². The van der Waals surface area contributed by atoms with Gasteiger partial charge in [0, 0.05) is 19.3 Å². The molecule has 20 heavy (non-hydrogen) atoms. The molecular formula is C15H17N3O2. The number of nitrogens with zero attached hydrogens (tertiary/aromatic N) is 2. The van der Waals surface area contributed by atoms with E-state index in [1.54, 1.807) is 18.3 Å². The van der Waals surface area contributed by atoms with E-state index in [4.69, 9.17) is 5.73 Å². The van der Waals surface area contributed by atoms with Gasteiger partial charge in [-0.25, -0.2) is 4.98 Å². The molecule has 3 N–H and O–H groups in total. The number of carbonyl (C=O) groups excluding carboxylic acids is 1. The summed E-state index contributed by atoms with van der Waals surface area (Å²) in [5, 5.41) is 9.22. The van der Waals surface area contributed by atoms with Gasteiger partial charge in [0.15, 0.2) is 0 Å². The molecule has 1 aromatic heterocycles. The Bertz CT molecular complexity index is 572. The zero-order chi connectivity index (χ0) is 14.4. The monoisotopic (exact) mass is 271 g/mol. The maximum absolute atomic E-state index is 11.5. The van der Waals surface area contributed by atoms with Crippen molar-refractivity contribution in [3.8, 4) is 0 Å². The summed E-state index contributed by atoms with van der Waals surface area (Å²) in [4.78, 5) is 17.5. The van der Waals surface area contributed by atoms with E-state index in [9.17, 15) is 9.90 Å². The quantitative estimate of drug-likeness (QED) is 0.827. The molecule has 1 amide bonds. The second-order valence-corrected chi connectivity index (χ2v) is 4.37. The van der Waals surface area contributed by atoms with Gasteiger partial charge in [-0.15, -0.1) is 0 Å². The number of benzene rings is 1. The van der Waals surface area contributed by atoms with Gasteiger partial charge in [0.05, 0.1) is 12.2 Å². The van der Waals surface area contributed by atoms with Crippen LogP contribution < -0.4 is 10.6 Å². The van der Waals surface area contributed by atoms with Gasteiger partial charge < -0.3 is 15.7 Å². The Morgan fingerprint density at radius 3 is 2.60 bits per heavy atom. The highest BCUT2D eigenvalue weighted by Crippen LogP contribution is 2.19. The number of carbonyl (C=O) groups is 1. The zero-order valence-corrected chi connectivity index (χ0v) is 11.1. The summed E-state index contributed by atoms with van der Waals surface area (Å²) in [6, 6.07) is 13.1. The van der Waals surface area contributed by atoms with Crippen LogP contribution in [-0.2, 0) is 6.54 Å². The van der Waals surface area contributed by atoms with Crippen molar-refractivity contribution in [1.82, 2.24) is 4.98 Å². The predicted octanol–water partition coefficient (Wildman–Crippen LogP) is 1.18. The number of aromatic nitrogens is 1.